The summed E-state index contributed by atoms with van der Waals surface area (Å²) >= 11 is 0. The van der Waals surface area contributed by atoms with Gasteiger partial charge in [0.15, 0.2) is 5.96 Å². The first kappa shape index (κ1) is 17.2. The van der Waals surface area contributed by atoms with Gasteiger partial charge in [-0.05, 0) is 31.2 Å². The zero-order valence-corrected chi connectivity index (χ0v) is 14.1. The summed E-state index contributed by atoms with van der Waals surface area (Å²) < 4.78 is 12.8. The first-order chi connectivity index (χ1) is 9.24. The van der Waals surface area contributed by atoms with Gasteiger partial charge in [0.1, 0.15) is 5.82 Å². The number of guanidine groups is 1. The van der Waals surface area contributed by atoms with Gasteiger partial charge in [0.05, 0.1) is 0 Å². The standard InChI is InChI=1S/C14H21FN4.HI/c1-19(11-12-3-5-13(15)6-4-12)10-9-18-14-16-7-2-8-17-14;/h3-6H,2,7-11H2,1H3,(H2,16,17,18);1H. The predicted octanol–water partition coefficient (Wildman–Crippen LogP) is 1.81. The molecule has 4 nitrogen and oxygen atoms in total. The summed E-state index contributed by atoms with van der Waals surface area (Å²) in [7, 11) is 2.06. The van der Waals surface area contributed by atoms with E-state index >= 15 is 0 Å². The van der Waals surface area contributed by atoms with E-state index in [4.69, 9.17) is 0 Å². The molecule has 0 saturated heterocycles. The summed E-state index contributed by atoms with van der Waals surface area (Å²) in [6.07, 6.45) is 1.11. The highest BCUT2D eigenvalue weighted by atomic mass is 127. The number of nitrogens with zero attached hydrogens (tertiary/aromatic N) is 2. The van der Waals surface area contributed by atoms with Crippen LogP contribution in [0.2, 0.25) is 0 Å². The van der Waals surface area contributed by atoms with E-state index in [0.717, 1.165) is 50.7 Å². The van der Waals surface area contributed by atoms with Crippen molar-refractivity contribution in [3.05, 3.63) is 35.6 Å². The molecule has 0 radical (unpaired) electrons. The fourth-order valence-electron chi connectivity index (χ4n) is 2.00. The van der Waals surface area contributed by atoms with Gasteiger partial charge in [-0.1, -0.05) is 12.1 Å². The Morgan fingerprint density at radius 2 is 2.10 bits per heavy atom. The Bertz CT molecular complexity index is 422. The third-order valence-corrected chi connectivity index (χ3v) is 3.05. The van der Waals surface area contributed by atoms with Gasteiger partial charge in [0.25, 0.3) is 0 Å². The van der Waals surface area contributed by atoms with Gasteiger partial charge in [-0.3, -0.25) is 4.99 Å². The van der Waals surface area contributed by atoms with E-state index in [1.54, 1.807) is 0 Å². The maximum Gasteiger partial charge on any atom is 0.191 e. The molecule has 0 aromatic heterocycles. The van der Waals surface area contributed by atoms with Crippen molar-refractivity contribution in [2.24, 2.45) is 4.99 Å². The van der Waals surface area contributed by atoms with Crippen LogP contribution in [0.3, 0.4) is 0 Å². The van der Waals surface area contributed by atoms with Gasteiger partial charge >= 0.3 is 0 Å². The van der Waals surface area contributed by atoms with Crippen LogP contribution < -0.4 is 10.6 Å². The van der Waals surface area contributed by atoms with Crippen molar-refractivity contribution < 1.29 is 4.39 Å². The number of rotatable bonds is 5. The molecule has 20 heavy (non-hydrogen) atoms. The quantitative estimate of drug-likeness (QED) is 0.752. The summed E-state index contributed by atoms with van der Waals surface area (Å²) in [6, 6.07) is 6.66. The van der Waals surface area contributed by atoms with Gasteiger partial charge in [-0.2, -0.15) is 0 Å². The van der Waals surface area contributed by atoms with Crippen molar-refractivity contribution >= 4 is 29.9 Å². The maximum absolute atomic E-state index is 12.8. The van der Waals surface area contributed by atoms with Crippen LogP contribution in [0.15, 0.2) is 29.3 Å². The molecule has 0 amide bonds. The first-order valence-electron chi connectivity index (χ1n) is 6.69. The van der Waals surface area contributed by atoms with Gasteiger partial charge in [-0.15, -0.1) is 24.0 Å². The largest absolute Gasteiger partial charge is 0.356 e. The zero-order chi connectivity index (χ0) is 13.5. The van der Waals surface area contributed by atoms with Crippen LogP contribution in [0.1, 0.15) is 12.0 Å². The molecule has 0 aliphatic carbocycles. The Morgan fingerprint density at radius 3 is 2.75 bits per heavy atom. The topological polar surface area (TPSA) is 39.7 Å². The minimum atomic E-state index is -0.186. The van der Waals surface area contributed by atoms with Gasteiger partial charge < -0.3 is 15.5 Å². The Hall–Kier alpha value is -0.890. The third kappa shape index (κ3) is 6.04. The first-order valence-corrected chi connectivity index (χ1v) is 6.69. The van der Waals surface area contributed by atoms with E-state index in [1.807, 2.05) is 12.1 Å². The van der Waals surface area contributed by atoms with Crippen molar-refractivity contribution in [2.75, 3.05) is 33.2 Å². The molecule has 0 saturated carbocycles. The molecular weight excluding hydrogens is 370 g/mol. The number of hydrogen-bond donors (Lipinski definition) is 2. The van der Waals surface area contributed by atoms with Crippen molar-refractivity contribution in [2.45, 2.75) is 13.0 Å². The van der Waals surface area contributed by atoms with Crippen LogP contribution in [0.5, 0.6) is 0 Å². The summed E-state index contributed by atoms with van der Waals surface area (Å²) in [5, 5.41) is 6.51. The number of benzene rings is 1. The van der Waals surface area contributed by atoms with Crippen LogP contribution in [0, 0.1) is 5.82 Å². The lowest BCUT2D eigenvalue weighted by Gasteiger charge is -2.20. The van der Waals surface area contributed by atoms with E-state index in [9.17, 15) is 4.39 Å². The van der Waals surface area contributed by atoms with E-state index < -0.39 is 0 Å². The molecule has 112 valence electrons. The molecule has 6 heteroatoms. The molecule has 0 bridgehead atoms. The second-order valence-electron chi connectivity index (χ2n) is 4.80. The molecule has 0 atom stereocenters. The highest BCUT2D eigenvalue weighted by molar-refractivity contribution is 14.0. The number of hydrogen-bond acceptors (Lipinski definition) is 4. The summed E-state index contributed by atoms with van der Waals surface area (Å²) in [4.78, 5) is 6.55. The highest BCUT2D eigenvalue weighted by Crippen LogP contribution is 2.04. The third-order valence-electron chi connectivity index (χ3n) is 3.05. The van der Waals surface area contributed by atoms with Crippen molar-refractivity contribution in [1.29, 1.82) is 0 Å². The zero-order valence-electron chi connectivity index (χ0n) is 11.7. The SMILES string of the molecule is CN(CCNC1=NCCCN1)Cc1ccc(F)cc1.I. The molecule has 0 unspecified atom stereocenters. The van der Waals surface area contributed by atoms with E-state index in [2.05, 4.69) is 27.6 Å². The number of halogens is 2. The Kier molecular flexibility index (Phi) is 7.83. The van der Waals surface area contributed by atoms with Crippen molar-refractivity contribution in [3.8, 4) is 0 Å². The monoisotopic (exact) mass is 392 g/mol. The molecule has 1 aromatic carbocycles. The van der Waals surface area contributed by atoms with Crippen molar-refractivity contribution in [1.82, 2.24) is 15.5 Å². The summed E-state index contributed by atoms with van der Waals surface area (Å²) in [5.41, 5.74) is 1.12. The normalized spacial score (nSPS) is 14.2. The molecule has 2 N–H and O–H groups in total. The summed E-state index contributed by atoms with van der Waals surface area (Å²) in [6.45, 7) is 4.49. The Balaban J connectivity index is 0.00000200. The number of nitrogens with one attached hydrogen (secondary N) is 2. The molecule has 2 rings (SSSR count). The fraction of sp³-hybridized carbons (Fsp3) is 0.500. The Morgan fingerprint density at radius 1 is 1.35 bits per heavy atom. The second kappa shape index (κ2) is 9.12. The number of likely N-dealkylation sites (N-methyl/N-ethyl adjacent to an activating group) is 1. The van der Waals surface area contributed by atoms with Crippen molar-refractivity contribution in [3.63, 3.8) is 0 Å². The van der Waals surface area contributed by atoms with Gasteiger partial charge in [0.2, 0.25) is 0 Å². The summed E-state index contributed by atoms with van der Waals surface area (Å²) in [5.74, 6) is 0.718. The highest BCUT2D eigenvalue weighted by Gasteiger charge is 2.04. The average Bonchev–Trinajstić information content (AvgIpc) is 2.43. The number of aliphatic imine (C=N–C) groups is 1. The molecule has 0 spiro atoms. The van der Waals surface area contributed by atoms with E-state index in [-0.39, 0.29) is 29.8 Å². The van der Waals surface area contributed by atoms with Crippen LogP contribution in [-0.2, 0) is 6.54 Å². The maximum atomic E-state index is 12.8. The molecule has 1 aromatic rings. The van der Waals surface area contributed by atoms with Crippen LogP contribution in [-0.4, -0.2) is 44.1 Å². The predicted molar refractivity (Wildman–Crippen MR) is 91.1 cm³/mol. The minimum absolute atomic E-state index is 0. The minimum Gasteiger partial charge on any atom is -0.356 e. The Labute approximate surface area is 136 Å². The lowest BCUT2D eigenvalue weighted by Crippen LogP contribution is -2.43. The van der Waals surface area contributed by atoms with E-state index in [1.165, 1.54) is 12.1 Å². The molecule has 1 aliphatic rings. The fourth-order valence-corrected chi connectivity index (χ4v) is 2.00. The smallest absolute Gasteiger partial charge is 0.191 e. The molecular formula is C14H22FIN4. The van der Waals surface area contributed by atoms with E-state index in [0.29, 0.717) is 0 Å². The van der Waals surface area contributed by atoms with Gasteiger partial charge in [-0.25, -0.2) is 4.39 Å². The molecule has 1 aliphatic heterocycles. The average molecular weight is 392 g/mol. The lowest BCUT2D eigenvalue weighted by molar-refractivity contribution is 0.331. The van der Waals surface area contributed by atoms with Crippen LogP contribution in [0.4, 0.5) is 4.39 Å². The lowest BCUT2D eigenvalue weighted by atomic mass is 10.2. The second-order valence-corrected chi connectivity index (χ2v) is 4.80. The van der Waals surface area contributed by atoms with Crippen LogP contribution in [0.25, 0.3) is 0 Å². The van der Waals surface area contributed by atoms with Crippen LogP contribution >= 0.6 is 24.0 Å². The molecule has 0 fully saturated rings. The van der Waals surface area contributed by atoms with Gasteiger partial charge in [0, 0.05) is 32.7 Å². The molecule has 1 heterocycles.